The van der Waals surface area contributed by atoms with E-state index >= 15 is 0 Å². The lowest BCUT2D eigenvalue weighted by atomic mass is 10.2. The molecule has 1 aromatic carbocycles. The van der Waals surface area contributed by atoms with E-state index < -0.39 is 0 Å². The molecule has 5 nitrogen and oxygen atoms in total. The topological polar surface area (TPSA) is 71.1 Å². The van der Waals surface area contributed by atoms with Crippen molar-refractivity contribution in [1.29, 1.82) is 0 Å². The Labute approximate surface area is 133 Å². The maximum absolute atomic E-state index is 12.2. The molecule has 1 heterocycles. The second kappa shape index (κ2) is 7.56. The molecule has 114 valence electrons. The molecule has 22 heavy (non-hydrogen) atoms. The number of pyridine rings is 1. The van der Waals surface area contributed by atoms with Crippen molar-refractivity contribution in [2.24, 2.45) is 0 Å². The summed E-state index contributed by atoms with van der Waals surface area (Å²) in [4.78, 5) is 28.0. The molecule has 2 aromatic rings. The van der Waals surface area contributed by atoms with Crippen LogP contribution in [-0.2, 0) is 0 Å². The van der Waals surface area contributed by atoms with Gasteiger partial charge in [0.05, 0.1) is 11.1 Å². The number of amides is 2. The number of nitrogens with one attached hydrogen (secondary N) is 2. The van der Waals surface area contributed by atoms with Crippen LogP contribution >= 0.6 is 11.6 Å². The summed E-state index contributed by atoms with van der Waals surface area (Å²) in [5.74, 6) is -0.574. The molecular formula is C16H16ClN3O2. The minimum absolute atomic E-state index is 0.240. The van der Waals surface area contributed by atoms with Gasteiger partial charge in [0.25, 0.3) is 11.8 Å². The molecule has 0 radical (unpaired) electrons. The number of halogens is 1. The maximum Gasteiger partial charge on any atom is 0.257 e. The molecule has 0 unspecified atom stereocenters. The molecular weight excluding hydrogens is 302 g/mol. The first-order chi connectivity index (χ1) is 10.6. The van der Waals surface area contributed by atoms with E-state index in [2.05, 4.69) is 15.6 Å². The van der Waals surface area contributed by atoms with Crippen LogP contribution in [0.5, 0.6) is 0 Å². The Kier molecular flexibility index (Phi) is 5.49. The van der Waals surface area contributed by atoms with Gasteiger partial charge in [-0.05, 0) is 36.8 Å². The van der Waals surface area contributed by atoms with Gasteiger partial charge in [-0.1, -0.05) is 18.5 Å². The summed E-state index contributed by atoms with van der Waals surface area (Å²) in [5.41, 5.74) is 1.30. The lowest BCUT2D eigenvalue weighted by Crippen LogP contribution is -2.24. The van der Waals surface area contributed by atoms with E-state index in [1.54, 1.807) is 24.3 Å². The summed E-state index contributed by atoms with van der Waals surface area (Å²) in [6, 6.07) is 8.29. The van der Waals surface area contributed by atoms with Crippen molar-refractivity contribution < 1.29 is 9.59 Å². The lowest BCUT2D eigenvalue weighted by Gasteiger charge is -2.07. The lowest BCUT2D eigenvalue weighted by molar-refractivity contribution is 0.0953. The van der Waals surface area contributed by atoms with Crippen molar-refractivity contribution in [3.63, 3.8) is 0 Å². The standard InChI is InChI=1S/C16H16ClN3O2/c1-2-7-19-15(21)11-8-12(10-18-9-11)16(22)20-14-5-3-13(17)4-6-14/h3-6,8-10H,2,7H2,1H3,(H,19,21)(H,20,22). The second-order valence-corrected chi connectivity index (χ2v) is 5.12. The number of hydrogen-bond acceptors (Lipinski definition) is 3. The van der Waals surface area contributed by atoms with Gasteiger partial charge in [0.2, 0.25) is 0 Å². The highest BCUT2D eigenvalue weighted by atomic mass is 35.5. The molecule has 0 spiro atoms. The first kappa shape index (κ1) is 16.0. The quantitative estimate of drug-likeness (QED) is 0.890. The van der Waals surface area contributed by atoms with Crippen LogP contribution in [-0.4, -0.2) is 23.3 Å². The predicted octanol–water partition coefficient (Wildman–Crippen LogP) is 3.13. The predicted molar refractivity (Wildman–Crippen MR) is 86.3 cm³/mol. The third kappa shape index (κ3) is 4.30. The van der Waals surface area contributed by atoms with Crippen LogP contribution in [0.3, 0.4) is 0 Å². The molecule has 0 aliphatic heterocycles. The van der Waals surface area contributed by atoms with Crippen LogP contribution in [0.4, 0.5) is 5.69 Å². The van der Waals surface area contributed by atoms with Crippen LogP contribution in [0.25, 0.3) is 0 Å². The molecule has 0 aliphatic rings. The van der Waals surface area contributed by atoms with Crippen molar-refractivity contribution >= 4 is 29.1 Å². The Hall–Kier alpha value is -2.40. The monoisotopic (exact) mass is 317 g/mol. The van der Waals surface area contributed by atoms with E-state index in [0.717, 1.165) is 6.42 Å². The number of hydrogen-bond donors (Lipinski definition) is 2. The van der Waals surface area contributed by atoms with Crippen LogP contribution in [0.1, 0.15) is 34.1 Å². The smallest absolute Gasteiger partial charge is 0.257 e. The molecule has 0 atom stereocenters. The minimum Gasteiger partial charge on any atom is -0.352 e. The fourth-order valence-corrected chi connectivity index (χ4v) is 1.89. The highest BCUT2D eigenvalue weighted by molar-refractivity contribution is 6.30. The molecule has 6 heteroatoms. The van der Waals surface area contributed by atoms with E-state index in [-0.39, 0.29) is 11.8 Å². The van der Waals surface area contributed by atoms with Gasteiger partial charge in [0.1, 0.15) is 0 Å². The Balaban J connectivity index is 2.09. The molecule has 1 aromatic heterocycles. The highest BCUT2D eigenvalue weighted by Gasteiger charge is 2.11. The average Bonchev–Trinajstić information content (AvgIpc) is 2.54. The third-order valence-electron chi connectivity index (χ3n) is 2.90. The number of benzene rings is 1. The fourth-order valence-electron chi connectivity index (χ4n) is 1.77. The highest BCUT2D eigenvalue weighted by Crippen LogP contribution is 2.14. The van der Waals surface area contributed by atoms with E-state index in [0.29, 0.717) is 28.4 Å². The van der Waals surface area contributed by atoms with Gasteiger partial charge in [-0.2, -0.15) is 0 Å². The first-order valence-corrected chi connectivity index (χ1v) is 7.28. The number of carbonyl (C=O) groups is 2. The van der Waals surface area contributed by atoms with Crippen LogP contribution in [0.2, 0.25) is 5.02 Å². The third-order valence-corrected chi connectivity index (χ3v) is 3.15. The van der Waals surface area contributed by atoms with Gasteiger partial charge < -0.3 is 10.6 Å². The van der Waals surface area contributed by atoms with Crippen molar-refractivity contribution in [1.82, 2.24) is 10.3 Å². The van der Waals surface area contributed by atoms with Crippen LogP contribution < -0.4 is 10.6 Å². The molecule has 2 rings (SSSR count). The SMILES string of the molecule is CCCNC(=O)c1cncc(C(=O)Nc2ccc(Cl)cc2)c1. The van der Waals surface area contributed by atoms with Gasteiger partial charge in [0, 0.05) is 29.6 Å². The van der Waals surface area contributed by atoms with Crippen molar-refractivity contribution in [3.05, 3.63) is 58.9 Å². The maximum atomic E-state index is 12.2. The van der Waals surface area contributed by atoms with Crippen molar-refractivity contribution in [2.45, 2.75) is 13.3 Å². The van der Waals surface area contributed by atoms with Crippen molar-refractivity contribution in [2.75, 3.05) is 11.9 Å². The van der Waals surface area contributed by atoms with E-state index in [9.17, 15) is 9.59 Å². The molecule has 2 amide bonds. The molecule has 2 N–H and O–H groups in total. The number of carbonyl (C=O) groups excluding carboxylic acids is 2. The van der Waals surface area contributed by atoms with Gasteiger partial charge >= 0.3 is 0 Å². The summed E-state index contributed by atoms with van der Waals surface area (Å²) < 4.78 is 0. The summed E-state index contributed by atoms with van der Waals surface area (Å²) in [7, 11) is 0. The summed E-state index contributed by atoms with van der Waals surface area (Å²) in [6.45, 7) is 2.55. The summed E-state index contributed by atoms with van der Waals surface area (Å²) in [6.07, 6.45) is 3.70. The number of anilines is 1. The first-order valence-electron chi connectivity index (χ1n) is 6.90. The zero-order chi connectivity index (χ0) is 15.9. The van der Waals surface area contributed by atoms with E-state index in [4.69, 9.17) is 11.6 Å². The van der Waals surface area contributed by atoms with E-state index in [1.165, 1.54) is 18.5 Å². The summed E-state index contributed by atoms with van der Waals surface area (Å²) >= 11 is 5.80. The Morgan fingerprint density at radius 3 is 2.36 bits per heavy atom. The molecule has 0 saturated carbocycles. The van der Waals surface area contributed by atoms with Gasteiger partial charge in [0.15, 0.2) is 0 Å². The largest absolute Gasteiger partial charge is 0.352 e. The average molecular weight is 318 g/mol. The number of aromatic nitrogens is 1. The fraction of sp³-hybridized carbons (Fsp3) is 0.188. The molecule has 0 fully saturated rings. The number of nitrogens with zero attached hydrogens (tertiary/aromatic N) is 1. The second-order valence-electron chi connectivity index (χ2n) is 4.68. The molecule has 0 bridgehead atoms. The minimum atomic E-state index is -0.333. The Bertz CT molecular complexity index is 671. The van der Waals surface area contributed by atoms with Crippen LogP contribution in [0, 0.1) is 0 Å². The zero-order valence-electron chi connectivity index (χ0n) is 12.1. The van der Waals surface area contributed by atoms with Gasteiger partial charge in [-0.15, -0.1) is 0 Å². The molecule has 0 saturated heterocycles. The van der Waals surface area contributed by atoms with Crippen molar-refractivity contribution in [3.8, 4) is 0 Å². The molecule has 0 aliphatic carbocycles. The number of rotatable bonds is 5. The van der Waals surface area contributed by atoms with Gasteiger partial charge in [-0.25, -0.2) is 0 Å². The normalized spacial score (nSPS) is 10.1. The van der Waals surface area contributed by atoms with Crippen LogP contribution in [0.15, 0.2) is 42.7 Å². The summed E-state index contributed by atoms with van der Waals surface area (Å²) in [5, 5.41) is 6.06. The van der Waals surface area contributed by atoms with E-state index in [1.807, 2.05) is 6.92 Å². The van der Waals surface area contributed by atoms with Gasteiger partial charge in [-0.3, -0.25) is 14.6 Å². The zero-order valence-corrected chi connectivity index (χ0v) is 12.9. The Morgan fingerprint density at radius 2 is 1.73 bits per heavy atom. The Morgan fingerprint density at radius 1 is 1.09 bits per heavy atom.